The molecule has 56 heavy (non-hydrogen) atoms. The van der Waals surface area contributed by atoms with Gasteiger partial charge in [0, 0.05) is 41.9 Å². The van der Waals surface area contributed by atoms with Crippen molar-refractivity contribution in [2.24, 2.45) is 29.1 Å². The number of nitrogens with zero attached hydrogens (tertiary/aromatic N) is 2. The van der Waals surface area contributed by atoms with Crippen molar-refractivity contribution in [1.29, 1.82) is 5.39 Å². The number of ketones is 1. The molecule has 0 amide bonds. The predicted molar refractivity (Wildman–Crippen MR) is 199 cm³/mol. The average Bonchev–Trinajstić information content (AvgIpc) is 3.57. The minimum atomic E-state index is -5.34. The number of ether oxygens (including phenoxy) is 2. The molecule has 4 aromatic carbocycles. The van der Waals surface area contributed by atoms with Crippen LogP contribution in [0.2, 0.25) is 0 Å². The highest BCUT2D eigenvalue weighted by Crippen LogP contribution is 2.77. The van der Waals surface area contributed by atoms with Crippen LogP contribution in [0.3, 0.4) is 0 Å². The summed E-state index contributed by atoms with van der Waals surface area (Å²) < 4.78 is 53.7. The number of aryl methyl sites for hydroxylation is 1. The molecule has 10 nitrogen and oxygen atoms in total. The molecule has 0 bridgehead atoms. The quantitative estimate of drug-likeness (QED) is 0.0466. The van der Waals surface area contributed by atoms with Gasteiger partial charge in [0.05, 0.1) is 12.2 Å². The van der Waals surface area contributed by atoms with Crippen LogP contribution >= 0.6 is 0 Å². The van der Waals surface area contributed by atoms with Crippen LogP contribution in [0.5, 0.6) is 0 Å². The number of Topliss-reactive ketones (excluding diaryl/α,β-unsaturated/α-hetero) is 1. The second-order valence-corrected chi connectivity index (χ2v) is 16.6. The Bertz CT molecular complexity index is 2450. The monoisotopic (exact) mass is 771 g/mol. The molecule has 0 heterocycles. The molecule has 8 atom stereocenters. The van der Waals surface area contributed by atoms with Gasteiger partial charge in [0.25, 0.3) is 0 Å². The van der Waals surface area contributed by atoms with Crippen molar-refractivity contribution in [3.05, 3.63) is 100 Å². The molecule has 2 saturated carbocycles. The molecule has 4 aromatic rings. The summed E-state index contributed by atoms with van der Waals surface area (Å²) in [6.07, 6.45) is -3.55. The number of esters is 1. The molecule has 4 N–H and O–H groups in total. The van der Waals surface area contributed by atoms with Crippen molar-refractivity contribution in [2.75, 3.05) is 6.61 Å². The van der Waals surface area contributed by atoms with E-state index in [1.165, 1.54) is 26.0 Å². The van der Waals surface area contributed by atoms with Gasteiger partial charge in [0.2, 0.25) is 5.39 Å². The minimum Gasteiger partial charge on any atom is -0.475 e. The Balaban J connectivity index is 1.15. The zero-order chi connectivity index (χ0) is 40.3. The molecule has 0 saturated heterocycles. The number of carbonyl (C=O) groups is 2. The molecular weight excluding hydrogens is 729 g/mol. The molecule has 13 heteroatoms. The molecule has 292 valence electrons. The van der Waals surface area contributed by atoms with Crippen LogP contribution < -0.4 is 0 Å². The molecule has 0 spiro atoms. The number of alkyl halides is 3. The van der Waals surface area contributed by atoms with Gasteiger partial charge >= 0.3 is 23.8 Å². The Kier molecular flexibility index (Phi) is 8.44. The lowest BCUT2D eigenvalue weighted by Gasteiger charge is -2.53. The van der Waals surface area contributed by atoms with Gasteiger partial charge in [-0.3, -0.25) is 9.59 Å². The van der Waals surface area contributed by atoms with Crippen LogP contribution in [-0.2, 0) is 25.5 Å². The molecule has 0 radical (unpaired) electrons. The van der Waals surface area contributed by atoms with Crippen LogP contribution in [-0.4, -0.2) is 67.9 Å². The van der Waals surface area contributed by atoms with E-state index in [9.17, 15) is 48.6 Å². The Labute approximate surface area is 319 Å². The van der Waals surface area contributed by atoms with E-state index < -0.39 is 88.2 Å². The fourth-order valence-corrected chi connectivity index (χ4v) is 10.9. The number of rotatable bonds is 8. The summed E-state index contributed by atoms with van der Waals surface area (Å²) in [4.78, 5) is 29.7. The number of carbonyl (C=O) groups excluding carboxylic acids is 2. The summed E-state index contributed by atoms with van der Waals surface area (Å²) >= 11 is 0. The summed E-state index contributed by atoms with van der Waals surface area (Å²) in [6, 6.07) is 18.5. The van der Waals surface area contributed by atoms with Gasteiger partial charge in [-0.2, -0.15) is 13.2 Å². The van der Waals surface area contributed by atoms with E-state index in [2.05, 4.69) is 41.4 Å². The van der Waals surface area contributed by atoms with Gasteiger partial charge < -0.3 is 29.9 Å². The van der Waals surface area contributed by atoms with E-state index in [-0.39, 0.29) is 24.0 Å². The van der Waals surface area contributed by atoms with Crippen molar-refractivity contribution < 1.29 is 52.7 Å². The van der Waals surface area contributed by atoms with E-state index in [0.717, 1.165) is 37.9 Å². The number of aliphatic hydroxyl groups is 4. The van der Waals surface area contributed by atoms with Gasteiger partial charge in [-0.05, 0) is 68.8 Å². The first-order chi connectivity index (χ1) is 26.4. The van der Waals surface area contributed by atoms with Crippen molar-refractivity contribution in [3.8, 4) is 0 Å². The molecule has 8 rings (SSSR count). The first-order valence-corrected chi connectivity index (χ1v) is 18.7. The fraction of sp³-hybridized carbons (Fsp3) is 0.442. The maximum Gasteiger partial charge on any atom is 0.543 e. The molecule has 4 aliphatic rings. The second kappa shape index (κ2) is 12.5. The first kappa shape index (κ1) is 37.9. The van der Waals surface area contributed by atoms with Gasteiger partial charge in [-0.1, -0.05) is 87.5 Å². The minimum absolute atomic E-state index is 0.130. The Morgan fingerprint density at radius 2 is 1.64 bits per heavy atom. The zero-order valence-corrected chi connectivity index (χ0v) is 31.2. The first-order valence-electron chi connectivity index (χ1n) is 18.7. The molecule has 2 fully saturated rings. The normalized spacial score (nSPS) is 32.4. The summed E-state index contributed by atoms with van der Waals surface area (Å²) in [5.41, 5.74) is -8.13. The lowest BCUT2D eigenvalue weighted by atomic mass is 9.59. The van der Waals surface area contributed by atoms with Crippen molar-refractivity contribution in [3.63, 3.8) is 0 Å². The Hall–Kier alpha value is -5.03. The summed E-state index contributed by atoms with van der Waals surface area (Å²) in [5, 5.41) is 62.0. The van der Waals surface area contributed by atoms with E-state index >= 15 is 0 Å². The third-order valence-corrected chi connectivity index (χ3v) is 13.5. The zero-order valence-electron chi connectivity index (χ0n) is 31.2. The van der Waals surface area contributed by atoms with Gasteiger partial charge in [0.15, 0.2) is 16.4 Å². The summed E-state index contributed by atoms with van der Waals surface area (Å²) in [7, 11) is 0. The number of fused-ring (bicyclic) bond motifs is 5. The Morgan fingerprint density at radius 3 is 2.29 bits per heavy atom. The number of allylic oxidation sites excluding steroid dienone is 1. The third kappa shape index (κ3) is 5.08. The number of benzene rings is 4. The van der Waals surface area contributed by atoms with Crippen LogP contribution in [0.4, 0.5) is 13.2 Å². The number of hydrogen-bond acceptors (Lipinski definition) is 9. The van der Waals surface area contributed by atoms with Crippen molar-refractivity contribution >= 4 is 44.1 Å². The number of halogens is 3. The van der Waals surface area contributed by atoms with E-state index in [1.807, 2.05) is 18.2 Å². The van der Waals surface area contributed by atoms with E-state index in [1.54, 1.807) is 13.8 Å². The van der Waals surface area contributed by atoms with E-state index in [4.69, 9.17) is 9.47 Å². The van der Waals surface area contributed by atoms with Crippen molar-refractivity contribution in [2.45, 2.75) is 82.5 Å². The smallest absolute Gasteiger partial charge is 0.475 e. The largest absolute Gasteiger partial charge is 0.543 e. The van der Waals surface area contributed by atoms with Gasteiger partial charge in [0.1, 0.15) is 11.7 Å². The number of diazo groups is 1. The number of hydrogen-bond donors (Lipinski definition) is 4. The SMILES string of the molecule is CC1=CC2[C@@]3(O)[C@H](C)[C@@H](OC(=O)CCCc4ccc5ccc6cccc7ccc4c5c67)[C@]4(O/C(O)=C(/[N+]#N)C(F)(F)F)C([C@@H]3C=C(CO)C[C@]2(O)C1=O)C4(C)C. The summed E-state index contributed by atoms with van der Waals surface area (Å²) in [5.74, 6) is -7.74. The van der Waals surface area contributed by atoms with Crippen LogP contribution in [0.15, 0.2) is 89.5 Å². The molecule has 0 aliphatic heterocycles. The maximum absolute atomic E-state index is 13.9. The second-order valence-electron chi connectivity index (χ2n) is 16.6. The average molecular weight is 772 g/mol. The molecule has 0 aromatic heterocycles. The highest BCUT2D eigenvalue weighted by Gasteiger charge is 2.88. The highest BCUT2D eigenvalue weighted by molar-refractivity contribution is 6.23. The fourth-order valence-electron chi connectivity index (χ4n) is 10.9. The lowest BCUT2D eigenvalue weighted by molar-refractivity contribution is -0.229. The molecule has 4 aliphatic carbocycles. The van der Waals surface area contributed by atoms with E-state index in [0.29, 0.717) is 12.8 Å². The molecule has 2 unspecified atom stereocenters. The predicted octanol–water partition coefficient (Wildman–Crippen LogP) is 7.57. The Morgan fingerprint density at radius 1 is 1.00 bits per heavy atom. The van der Waals surface area contributed by atoms with Crippen molar-refractivity contribution in [1.82, 2.24) is 0 Å². The third-order valence-electron chi connectivity index (χ3n) is 13.5. The van der Waals surface area contributed by atoms with Gasteiger partial charge in [-0.25, -0.2) is 0 Å². The standard InChI is InChI=1S/C43H41F3N2O8/c1-21-17-30-40(53,36(21)51)19-23(20-49)18-29-34-39(3,4)42(34,56-38(52)35(48-47)43(44,45)46)37(22(2)41(29,30)54)55-31(50)10-6-7-24-11-12-27-14-13-25-8-5-9-26-15-16-28(24)33(27)32(25)26/h5,8-9,11-18,22,29-30,34,37,49,53-54H,6-7,10,19-20H2,1-4H3/p+1/b38-35+/t22-,29+,30?,34?,37-,40-,41-,42-/m1/s1. The van der Waals surface area contributed by atoms with Crippen LogP contribution in [0, 0.1) is 34.5 Å². The molecular formula is C43H42F3N2O8+. The maximum atomic E-state index is 13.9. The highest BCUT2D eigenvalue weighted by atomic mass is 19.4. The van der Waals surface area contributed by atoms with Crippen LogP contribution in [0.25, 0.3) is 37.3 Å². The topological polar surface area (TPSA) is 162 Å². The van der Waals surface area contributed by atoms with Gasteiger partial charge in [-0.15, -0.1) is 0 Å². The van der Waals surface area contributed by atoms with Crippen LogP contribution in [0.1, 0.15) is 52.5 Å². The number of aliphatic hydroxyl groups excluding tert-OH is 2. The summed E-state index contributed by atoms with van der Waals surface area (Å²) in [6.45, 7) is 5.63. The lowest BCUT2D eigenvalue weighted by Crippen LogP contribution is -2.66.